The number of halogens is 1. The molecule has 26 heavy (non-hydrogen) atoms. The molecule has 1 N–H and O–H groups in total. The van der Waals surface area contributed by atoms with Crippen molar-refractivity contribution in [3.8, 4) is 5.82 Å². The van der Waals surface area contributed by atoms with Gasteiger partial charge >= 0.3 is 5.97 Å². The van der Waals surface area contributed by atoms with Crippen LogP contribution in [0.5, 0.6) is 0 Å². The van der Waals surface area contributed by atoms with Gasteiger partial charge in [0.2, 0.25) is 0 Å². The molecule has 1 aliphatic rings. The molecule has 138 valence electrons. The largest absolute Gasteiger partial charge is 0.481 e. The second-order valence-corrected chi connectivity index (χ2v) is 7.17. The molecule has 1 fully saturated rings. The Morgan fingerprint density at radius 3 is 2.62 bits per heavy atom. The van der Waals surface area contributed by atoms with E-state index in [0.29, 0.717) is 18.7 Å². The van der Waals surface area contributed by atoms with E-state index in [2.05, 4.69) is 10.1 Å². The number of carbonyl (C=O) groups is 2. The fourth-order valence-corrected chi connectivity index (χ4v) is 3.47. The standard InChI is InChI=1S/C18H21ClN4O3/c1-10-8-12(3)23(21-10)15-7-6-14(19)16(20-15)17(24)22-9-13(18(25)26)5-4-11(22)2/h6-8,11,13H,4-5,9H2,1-3H3,(H,25,26). The first kappa shape index (κ1) is 18.4. The molecule has 2 atom stereocenters. The molecule has 8 heteroatoms. The van der Waals surface area contributed by atoms with E-state index < -0.39 is 11.9 Å². The number of likely N-dealkylation sites (tertiary alicyclic amines) is 1. The summed E-state index contributed by atoms with van der Waals surface area (Å²) in [7, 11) is 0. The average molecular weight is 377 g/mol. The summed E-state index contributed by atoms with van der Waals surface area (Å²) in [6.45, 7) is 5.86. The van der Waals surface area contributed by atoms with Gasteiger partial charge in [-0.2, -0.15) is 5.10 Å². The smallest absolute Gasteiger partial charge is 0.308 e. The first-order valence-corrected chi connectivity index (χ1v) is 8.89. The molecule has 0 radical (unpaired) electrons. The number of carbonyl (C=O) groups excluding carboxylic acids is 1. The summed E-state index contributed by atoms with van der Waals surface area (Å²) < 4.78 is 1.65. The predicted molar refractivity (Wildman–Crippen MR) is 96.7 cm³/mol. The molecule has 2 aromatic heterocycles. The first-order valence-electron chi connectivity index (χ1n) is 8.52. The van der Waals surface area contributed by atoms with Gasteiger partial charge in [-0.05, 0) is 51.8 Å². The van der Waals surface area contributed by atoms with Crippen molar-refractivity contribution < 1.29 is 14.7 Å². The highest BCUT2D eigenvalue weighted by Crippen LogP contribution is 2.26. The fraction of sp³-hybridized carbons (Fsp3) is 0.444. The number of aryl methyl sites for hydroxylation is 2. The molecule has 3 rings (SSSR count). The normalized spacial score (nSPS) is 20.2. The van der Waals surface area contributed by atoms with E-state index in [-0.39, 0.29) is 29.2 Å². The van der Waals surface area contributed by atoms with Crippen LogP contribution in [-0.4, -0.2) is 49.2 Å². The van der Waals surface area contributed by atoms with Crippen molar-refractivity contribution in [3.05, 3.63) is 40.3 Å². The molecule has 0 aromatic carbocycles. The number of aliphatic carboxylic acids is 1. The minimum Gasteiger partial charge on any atom is -0.481 e. The van der Waals surface area contributed by atoms with Gasteiger partial charge in [-0.15, -0.1) is 0 Å². The van der Waals surface area contributed by atoms with Crippen LogP contribution < -0.4 is 0 Å². The molecule has 1 saturated heterocycles. The lowest BCUT2D eigenvalue weighted by molar-refractivity contribution is -0.143. The fourth-order valence-electron chi connectivity index (χ4n) is 3.29. The Bertz CT molecular complexity index is 864. The number of hydrogen-bond donors (Lipinski definition) is 1. The molecule has 2 aromatic rings. The molecular formula is C18H21ClN4O3. The van der Waals surface area contributed by atoms with Gasteiger partial charge in [0.25, 0.3) is 5.91 Å². The van der Waals surface area contributed by atoms with E-state index in [1.807, 2.05) is 26.8 Å². The Balaban J connectivity index is 1.95. The van der Waals surface area contributed by atoms with Crippen molar-refractivity contribution in [3.63, 3.8) is 0 Å². The number of carboxylic acids is 1. The first-order chi connectivity index (χ1) is 12.3. The van der Waals surface area contributed by atoms with Crippen molar-refractivity contribution in [1.82, 2.24) is 19.7 Å². The number of rotatable bonds is 3. The van der Waals surface area contributed by atoms with Crippen LogP contribution in [0.15, 0.2) is 18.2 Å². The molecule has 3 heterocycles. The number of hydrogen-bond acceptors (Lipinski definition) is 4. The number of aromatic nitrogens is 3. The molecule has 1 amide bonds. The molecule has 0 aliphatic carbocycles. The number of piperidine rings is 1. The monoisotopic (exact) mass is 376 g/mol. The summed E-state index contributed by atoms with van der Waals surface area (Å²) >= 11 is 6.23. The number of pyridine rings is 1. The lowest BCUT2D eigenvalue weighted by Gasteiger charge is -2.36. The van der Waals surface area contributed by atoms with E-state index in [1.165, 1.54) is 0 Å². The summed E-state index contributed by atoms with van der Waals surface area (Å²) in [6.07, 6.45) is 1.20. The van der Waals surface area contributed by atoms with Crippen molar-refractivity contribution in [1.29, 1.82) is 0 Å². The number of amides is 1. The van der Waals surface area contributed by atoms with Crippen LogP contribution in [0.3, 0.4) is 0 Å². The molecule has 1 aliphatic heterocycles. The highest BCUT2D eigenvalue weighted by atomic mass is 35.5. The minimum absolute atomic E-state index is 0.0618. The van der Waals surface area contributed by atoms with Crippen LogP contribution in [0.1, 0.15) is 41.6 Å². The van der Waals surface area contributed by atoms with E-state index in [0.717, 1.165) is 11.4 Å². The third kappa shape index (κ3) is 3.44. The van der Waals surface area contributed by atoms with E-state index in [9.17, 15) is 14.7 Å². The van der Waals surface area contributed by atoms with Crippen molar-refractivity contribution in [2.75, 3.05) is 6.54 Å². The summed E-state index contributed by atoms with van der Waals surface area (Å²) in [5.74, 6) is -1.29. The van der Waals surface area contributed by atoms with Gasteiger partial charge < -0.3 is 10.0 Å². The predicted octanol–water partition coefficient (Wildman–Crippen LogP) is 2.86. The van der Waals surface area contributed by atoms with E-state index >= 15 is 0 Å². The Kier molecular flexibility index (Phi) is 5.00. The zero-order chi connectivity index (χ0) is 19.0. The van der Waals surface area contributed by atoms with Gasteiger partial charge in [0.1, 0.15) is 5.69 Å². The van der Waals surface area contributed by atoms with Crippen molar-refractivity contribution in [2.24, 2.45) is 5.92 Å². The Hall–Kier alpha value is -2.41. The van der Waals surface area contributed by atoms with E-state index in [4.69, 9.17) is 11.6 Å². The Morgan fingerprint density at radius 2 is 2.00 bits per heavy atom. The van der Waals surface area contributed by atoms with Gasteiger partial charge in [-0.1, -0.05) is 11.6 Å². The zero-order valence-electron chi connectivity index (χ0n) is 14.9. The molecule has 0 saturated carbocycles. The maximum atomic E-state index is 13.0. The van der Waals surface area contributed by atoms with Gasteiger partial charge in [0.05, 0.1) is 16.6 Å². The summed E-state index contributed by atoms with van der Waals surface area (Å²) in [5, 5.41) is 13.9. The number of carboxylic acid groups (broad SMARTS) is 1. The second-order valence-electron chi connectivity index (χ2n) is 6.76. The van der Waals surface area contributed by atoms with Crippen molar-refractivity contribution >= 4 is 23.5 Å². The van der Waals surface area contributed by atoms with Gasteiger partial charge in [-0.3, -0.25) is 9.59 Å². The molecule has 2 unspecified atom stereocenters. The zero-order valence-corrected chi connectivity index (χ0v) is 15.7. The maximum absolute atomic E-state index is 13.0. The van der Waals surface area contributed by atoms with Crippen LogP contribution in [0.2, 0.25) is 5.02 Å². The number of nitrogens with zero attached hydrogens (tertiary/aromatic N) is 4. The van der Waals surface area contributed by atoms with Crippen LogP contribution in [-0.2, 0) is 4.79 Å². The average Bonchev–Trinajstić information content (AvgIpc) is 2.93. The topological polar surface area (TPSA) is 88.3 Å². The summed E-state index contributed by atoms with van der Waals surface area (Å²) in [5.41, 5.74) is 1.86. The molecule has 0 spiro atoms. The molecular weight excluding hydrogens is 356 g/mol. The highest BCUT2D eigenvalue weighted by Gasteiger charge is 2.34. The third-order valence-electron chi connectivity index (χ3n) is 4.75. The third-order valence-corrected chi connectivity index (χ3v) is 5.06. The second kappa shape index (κ2) is 7.07. The lowest BCUT2D eigenvalue weighted by Crippen LogP contribution is -2.47. The van der Waals surface area contributed by atoms with Crippen LogP contribution >= 0.6 is 11.6 Å². The quantitative estimate of drug-likeness (QED) is 0.889. The van der Waals surface area contributed by atoms with Crippen LogP contribution in [0, 0.1) is 19.8 Å². The Labute approximate surface area is 156 Å². The van der Waals surface area contributed by atoms with Gasteiger partial charge in [0, 0.05) is 18.3 Å². The maximum Gasteiger partial charge on any atom is 0.308 e. The highest BCUT2D eigenvalue weighted by molar-refractivity contribution is 6.33. The van der Waals surface area contributed by atoms with Gasteiger partial charge in [-0.25, -0.2) is 9.67 Å². The van der Waals surface area contributed by atoms with E-state index in [1.54, 1.807) is 21.7 Å². The minimum atomic E-state index is -0.884. The summed E-state index contributed by atoms with van der Waals surface area (Å²) in [6, 6.07) is 5.19. The summed E-state index contributed by atoms with van der Waals surface area (Å²) in [4.78, 5) is 30.3. The SMILES string of the molecule is Cc1cc(C)n(-c2ccc(Cl)c(C(=O)N3CC(C(=O)O)CCC3C)n2)n1. The molecule has 7 nitrogen and oxygen atoms in total. The lowest BCUT2D eigenvalue weighted by atomic mass is 9.93. The van der Waals surface area contributed by atoms with Crippen LogP contribution in [0.4, 0.5) is 0 Å². The Morgan fingerprint density at radius 1 is 1.27 bits per heavy atom. The van der Waals surface area contributed by atoms with Crippen LogP contribution in [0.25, 0.3) is 5.82 Å². The van der Waals surface area contributed by atoms with Gasteiger partial charge in [0.15, 0.2) is 5.82 Å². The van der Waals surface area contributed by atoms with Crippen molar-refractivity contribution in [2.45, 2.75) is 39.7 Å². The molecule has 0 bridgehead atoms.